The van der Waals surface area contributed by atoms with Crippen molar-refractivity contribution in [2.45, 2.75) is 24.9 Å². The zero-order chi connectivity index (χ0) is 7.72. The molecule has 0 aromatic rings. The highest BCUT2D eigenvalue weighted by Gasteiger charge is 2.22. The van der Waals surface area contributed by atoms with Crippen LogP contribution < -0.4 is 11.5 Å². The van der Waals surface area contributed by atoms with Crippen LogP contribution in [0.5, 0.6) is 0 Å². The highest BCUT2D eigenvalue weighted by Crippen LogP contribution is 2.08. The molecule has 2 unspecified atom stereocenters. The lowest BCUT2D eigenvalue weighted by Crippen LogP contribution is -2.53. The molecule has 1 fully saturated rings. The van der Waals surface area contributed by atoms with Gasteiger partial charge in [-0.15, -0.1) is 0 Å². The largest absolute Gasteiger partial charge is 0.326 e. The van der Waals surface area contributed by atoms with Crippen LogP contribution in [0.3, 0.4) is 0 Å². The summed E-state index contributed by atoms with van der Waals surface area (Å²) in [5.41, 5.74) is 11.6. The minimum atomic E-state index is 0.125. The van der Waals surface area contributed by atoms with Gasteiger partial charge in [-0.3, -0.25) is 0 Å². The van der Waals surface area contributed by atoms with E-state index in [2.05, 4.69) is 0 Å². The molecule has 1 saturated carbocycles. The highest BCUT2D eigenvalue weighted by atomic mass is 28.1. The van der Waals surface area contributed by atoms with E-state index in [9.17, 15) is 0 Å². The van der Waals surface area contributed by atoms with Gasteiger partial charge >= 0.3 is 0 Å². The Balaban J connectivity index is 2.70. The van der Waals surface area contributed by atoms with Gasteiger partial charge in [-0.25, -0.2) is 0 Å². The van der Waals surface area contributed by atoms with Crippen LogP contribution in [0.1, 0.15) is 12.8 Å². The van der Waals surface area contributed by atoms with Gasteiger partial charge in [0.2, 0.25) is 0 Å². The maximum Gasteiger partial charge on any atom is 0.0398 e. The van der Waals surface area contributed by atoms with Crippen molar-refractivity contribution in [2.24, 2.45) is 11.5 Å². The maximum absolute atomic E-state index is 5.84. The summed E-state index contributed by atoms with van der Waals surface area (Å²) in [6.07, 6.45) is 2.20. The Kier molecular flexibility index (Phi) is 2.46. The summed E-state index contributed by atoms with van der Waals surface area (Å²) < 4.78 is 0. The van der Waals surface area contributed by atoms with Crippen LogP contribution in [-0.4, -0.2) is 42.1 Å². The van der Waals surface area contributed by atoms with Gasteiger partial charge in [-0.05, 0) is 32.6 Å². The third-order valence-corrected chi connectivity index (χ3v) is 4.38. The van der Waals surface area contributed by atoms with Gasteiger partial charge < -0.3 is 11.5 Å². The van der Waals surface area contributed by atoms with Crippen LogP contribution in [0.4, 0.5) is 0 Å². The number of rotatable bonds is 0. The molecular formula is C6H14N2Si2. The van der Waals surface area contributed by atoms with Crippen LogP contribution in [0, 0.1) is 0 Å². The molecule has 0 aliphatic heterocycles. The Morgan fingerprint density at radius 2 is 1.90 bits per heavy atom. The summed E-state index contributed by atoms with van der Waals surface area (Å²) in [4.78, 5) is 0. The second-order valence-electron chi connectivity index (χ2n) is 2.86. The predicted octanol–water partition coefficient (Wildman–Crippen LogP) is -2.95. The normalized spacial score (nSPS) is 34.6. The second-order valence-corrected chi connectivity index (χ2v) is 4.47. The number of nitrogens with two attached hydrogens (primary N) is 2. The lowest BCUT2D eigenvalue weighted by Gasteiger charge is -2.29. The van der Waals surface area contributed by atoms with Gasteiger partial charge in [0.15, 0.2) is 0 Å². The zero-order valence-corrected chi connectivity index (χ0v) is 8.97. The van der Waals surface area contributed by atoms with Crippen molar-refractivity contribution < 1.29 is 0 Å². The summed E-state index contributed by atoms with van der Waals surface area (Å²) in [6, 6.07) is 0.320. The van der Waals surface area contributed by atoms with Gasteiger partial charge in [0.05, 0.1) is 0 Å². The monoisotopic (exact) mass is 170 g/mol. The summed E-state index contributed by atoms with van der Waals surface area (Å²) in [5, 5.41) is 2.80. The first-order chi connectivity index (χ1) is 4.63. The molecule has 56 valence electrons. The number of hydrogen-bond donors (Lipinski definition) is 2. The molecule has 1 rings (SSSR count). The molecule has 10 heavy (non-hydrogen) atoms. The molecule has 2 nitrogen and oxygen atoms in total. The van der Waals surface area contributed by atoms with Crippen molar-refractivity contribution in [1.82, 2.24) is 0 Å². The quantitative estimate of drug-likeness (QED) is 0.382. The van der Waals surface area contributed by atoms with Crippen molar-refractivity contribution in [3.05, 3.63) is 0 Å². The molecule has 0 heterocycles. The van der Waals surface area contributed by atoms with Crippen molar-refractivity contribution in [2.75, 3.05) is 0 Å². The van der Waals surface area contributed by atoms with E-state index in [0.29, 0.717) is 0 Å². The van der Waals surface area contributed by atoms with Crippen LogP contribution in [0.15, 0.2) is 0 Å². The van der Waals surface area contributed by atoms with Crippen LogP contribution in [0.25, 0.3) is 0 Å². The lowest BCUT2D eigenvalue weighted by atomic mass is 9.91. The smallest absolute Gasteiger partial charge is 0.0398 e. The molecule has 0 radical (unpaired) electrons. The topological polar surface area (TPSA) is 52.0 Å². The molecule has 1 aliphatic carbocycles. The van der Waals surface area contributed by atoms with Gasteiger partial charge in [-0.2, -0.15) is 0 Å². The second kappa shape index (κ2) is 3.00. The molecule has 4 heteroatoms. The first-order valence-electron chi connectivity index (χ1n) is 3.51. The summed E-state index contributed by atoms with van der Waals surface area (Å²) in [7, 11) is 3.84. The third kappa shape index (κ3) is 1.39. The summed E-state index contributed by atoms with van der Waals surface area (Å²) in [5.74, 6) is 0. The van der Waals surface area contributed by atoms with E-state index >= 15 is 0 Å². The Morgan fingerprint density at radius 3 is 2.40 bits per heavy atom. The molecule has 0 amide bonds. The van der Waals surface area contributed by atoms with Gasteiger partial charge in [0.25, 0.3) is 0 Å². The average molecular weight is 170 g/mol. The van der Waals surface area contributed by atoms with Crippen LogP contribution in [0.2, 0.25) is 0 Å². The lowest BCUT2D eigenvalue weighted by molar-refractivity contribution is 0.581. The molecule has 0 spiro atoms. The number of hydrogen-bond acceptors (Lipinski definition) is 2. The Morgan fingerprint density at radius 1 is 1.30 bits per heavy atom. The molecule has 0 saturated heterocycles. The molecule has 0 aromatic heterocycles. The van der Waals surface area contributed by atoms with E-state index in [1.807, 2.05) is 19.7 Å². The predicted molar refractivity (Wildman–Crippen MR) is 52.3 cm³/mol. The molecule has 4 N–H and O–H groups in total. The molecule has 2 atom stereocenters. The highest BCUT2D eigenvalue weighted by molar-refractivity contribution is 6.77. The fraction of sp³-hybridized carbons (Fsp3) is 0.667. The Labute approximate surface area is 67.1 Å². The minimum absolute atomic E-state index is 0.125. The third-order valence-electron chi connectivity index (χ3n) is 2.10. The molecule has 0 aromatic carbocycles. The first-order valence-corrected chi connectivity index (χ1v) is 4.92. The van der Waals surface area contributed by atoms with E-state index in [0.717, 1.165) is 12.8 Å². The maximum atomic E-state index is 5.84. The Bertz CT molecular complexity index is 179. The van der Waals surface area contributed by atoms with E-state index in [4.69, 9.17) is 11.5 Å². The standard InChI is InChI=1S/C6H14N2Si2/c7-3-1-2-4(9)6(10)5(3)8/h3,5H,1-2,7-10H2. The minimum Gasteiger partial charge on any atom is -0.326 e. The van der Waals surface area contributed by atoms with Gasteiger partial charge in [-0.1, -0.05) is 10.3 Å². The SMILES string of the molecule is NC1CCC(=[SiH2])C(=[SiH2])C1N. The van der Waals surface area contributed by atoms with Gasteiger partial charge in [0, 0.05) is 12.1 Å². The first kappa shape index (κ1) is 8.19. The fourth-order valence-electron chi connectivity index (χ4n) is 1.18. The van der Waals surface area contributed by atoms with Crippen molar-refractivity contribution in [1.29, 1.82) is 0 Å². The van der Waals surface area contributed by atoms with Crippen molar-refractivity contribution in [3.8, 4) is 0 Å². The average Bonchev–Trinajstić information content (AvgIpc) is 1.93. The van der Waals surface area contributed by atoms with Crippen LogP contribution >= 0.6 is 0 Å². The van der Waals surface area contributed by atoms with Crippen LogP contribution in [-0.2, 0) is 0 Å². The molecule has 0 bridgehead atoms. The van der Waals surface area contributed by atoms with Crippen molar-refractivity contribution in [3.63, 3.8) is 0 Å². The summed E-state index contributed by atoms with van der Waals surface area (Å²) in [6.45, 7) is 0. The van der Waals surface area contributed by atoms with E-state index in [-0.39, 0.29) is 12.1 Å². The van der Waals surface area contributed by atoms with E-state index in [1.165, 1.54) is 10.3 Å². The Hall–Kier alpha value is 0.0938. The zero-order valence-electron chi connectivity index (χ0n) is 6.14. The summed E-state index contributed by atoms with van der Waals surface area (Å²) >= 11 is 0. The van der Waals surface area contributed by atoms with Gasteiger partial charge in [0.1, 0.15) is 0 Å². The van der Waals surface area contributed by atoms with E-state index in [1.54, 1.807) is 0 Å². The molecular weight excluding hydrogens is 156 g/mol. The fourth-order valence-corrected chi connectivity index (χ4v) is 2.09. The van der Waals surface area contributed by atoms with Crippen molar-refractivity contribution >= 4 is 30.0 Å². The van der Waals surface area contributed by atoms with E-state index < -0.39 is 0 Å². The molecule has 1 aliphatic rings.